The molecule has 2 N–H and O–H groups in total. The second kappa shape index (κ2) is 8.97. The lowest BCUT2D eigenvalue weighted by Gasteiger charge is -2.17. The molecule has 1 aromatic heterocycles. The summed E-state index contributed by atoms with van der Waals surface area (Å²) in [5.41, 5.74) is 8.45. The molecule has 160 valence electrons. The molecule has 0 saturated heterocycles. The summed E-state index contributed by atoms with van der Waals surface area (Å²) in [6.45, 7) is 1.22. The average molecular weight is 421 g/mol. The topological polar surface area (TPSA) is 112 Å². The summed E-state index contributed by atoms with van der Waals surface area (Å²) in [4.78, 5) is 35.5. The van der Waals surface area contributed by atoms with Gasteiger partial charge in [0.15, 0.2) is 12.3 Å². The van der Waals surface area contributed by atoms with Gasteiger partial charge in [-0.05, 0) is 24.6 Å². The summed E-state index contributed by atoms with van der Waals surface area (Å²) >= 11 is 0. The number of benzene rings is 2. The number of aromatic nitrogens is 2. The van der Waals surface area contributed by atoms with E-state index in [1.54, 1.807) is 18.1 Å². The number of aryl methyl sites for hydroxylation is 1. The van der Waals surface area contributed by atoms with Crippen LogP contribution in [0.5, 0.6) is 0 Å². The highest BCUT2D eigenvalue weighted by atomic mass is 16.6. The molecule has 0 spiro atoms. The first kappa shape index (κ1) is 20.5. The predicted octanol–water partition coefficient (Wildman–Crippen LogP) is 1.83. The number of imidazole rings is 1. The van der Waals surface area contributed by atoms with E-state index in [1.165, 1.54) is 0 Å². The van der Waals surface area contributed by atoms with Gasteiger partial charge in [-0.15, -0.1) is 0 Å². The second-order valence-corrected chi connectivity index (χ2v) is 7.10. The van der Waals surface area contributed by atoms with Crippen LogP contribution in [0.2, 0.25) is 0 Å². The average Bonchev–Trinajstić information content (AvgIpc) is 3.24. The van der Waals surface area contributed by atoms with Crippen LogP contribution in [0.25, 0.3) is 11.0 Å². The lowest BCUT2D eigenvalue weighted by Crippen LogP contribution is -2.31. The van der Waals surface area contributed by atoms with E-state index < -0.39 is 12.5 Å². The van der Waals surface area contributed by atoms with Crippen LogP contribution in [0, 0.1) is 0 Å². The van der Waals surface area contributed by atoms with Gasteiger partial charge in [0.2, 0.25) is 0 Å². The third-order valence-electron chi connectivity index (χ3n) is 5.02. The Bertz CT molecular complexity index is 1150. The van der Waals surface area contributed by atoms with E-state index in [0.29, 0.717) is 17.9 Å². The first-order valence-corrected chi connectivity index (χ1v) is 9.92. The normalized spacial score (nSPS) is 14.4. The van der Waals surface area contributed by atoms with E-state index in [9.17, 15) is 9.59 Å². The van der Waals surface area contributed by atoms with Gasteiger partial charge in [-0.1, -0.05) is 35.5 Å². The third kappa shape index (κ3) is 4.13. The van der Waals surface area contributed by atoms with E-state index in [1.807, 2.05) is 42.5 Å². The number of carbonyl (C=O) groups is 2. The Labute approximate surface area is 179 Å². The minimum Gasteiger partial charge on any atom is -0.385 e. The van der Waals surface area contributed by atoms with E-state index in [2.05, 4.69) is 9.72 Å². The van der Waals surface area contributed by atoms with Gasteiger partial charge in [0.1, 0.15) is 5.82 Å². The van der Waals surface area contributed by atoms with Crippen LogP contribution in [0.3, 0.4) is 0 Å². The maximum Gasteiger partial charge on any atom is 0.281 e. The maximum absolute atomic E-state index is 13.2. The molecule has 31 heavy (non-hydrogen) atoms. The minimum atomic E-state index is -0.662. The Balaban J connectivity index is 1.67. The van der Waals surface area contributed by atoms with Crippen LogP contribution >= 0.6 is 0 Å². The number of para-hydroxylation sites is 3. The van der Waals surface area contributed by atoms with Crippen LogP contribution in [0.15, 0.2) is 53.7 Å². The Hall–Kier alpha value is -3.72. The highest BCUT2D eigenvalue weighted by Crippen LogP contribution is 2.31. The van der Waals surface area contributed by atoms with Crippen molar-refractivity contribution in [1.82, 2.24) is 9.55 Å². The molecule has 1 aliphatic rings. The fourth-order valence-corrected chi connectivity index (χ4v) is 3.67. The number of fused-ring (bicyclic) bond motifs is 2. The number of carbonyl (C=O) groups excluding carboxylic acids is 2. The van der Waals surface area contributed by atoms with Gasteiger partial charge in [0.05, 0.1) is 23.3 Å². The van der Waals surface area contributed by atoms with Crippen LogP contribution < -0.4 is 10.6 Å². The van der Waals surface area contributed by atoms with Crippen molar-refractivity contribution < 1.29 is 19.2 Å². The summed E-state index contributed by atoms with van der Waals surface area (Å²) in [7, 11) is 1.67. The number of hydrogen-bond donors (Lipinski definition) is 1. The number of hydrogen-bond acceptors (Lipinski definition) is 6. The molecule has 0 unspecified atom stereocenters. The highest BCUT2D eigenvalue weighted by Gasteiger charge is 2.35. The van der Waals surface area contributed by atoms with Gasteiger partial charge < -0.3 is 19.9 Å². The van der Waals surface area contributed by atoms with Crippen LogP contribution in [-0.4, -0.2) is 47.4 Å². The monoisotopic (exact) mass is 421 g/mol. The molecule has 0 atom stereocenters. The first-order valence-electron chi connectivity index (χ1n) is 9.92. The molecule has 3 aromatic rings. The number of nitrogens with zero attached hydrogens (tertiary/aromatic N) is 4. The second-order valence-electron chi connectivity index (χ2n) is 7.10. The fourth-order valence-electron chi connectivity index (χ4n) is 3.67. The van der Waals surface area contributed by atoms with Crippen molar-refractivity contribution in [2.75, 3.05) is 25.2 Å². The molecule has 4 rings (SSSR count). The number of rotatable bonds is 9. The Morgan fingerprint density at radius 3 is 2.74 bits per heavy atom. The lowest BCUT2D eigenvalue weighted by atomic mass is 10.1. The number of oxime groups is 1. The molecule has 2 aromatic carbocycles. The smallest absolute Gasteiger partial charge is 0.281 e. The summed E-state index contributed by atoms with van der Waals surface area (Å²) in [5.74, 6) is -0.217. The molecule has 0 saturated carbocycles. The Kier molecular flexibility index (Phi) is 5.94. The number of primary amides is 1. The number of amides is 2. The SMILES string of the molecule is COCCCn1c(CN2C(=O)/C(=N/OCC(N)=O)c3ccccc32)nc2ccccc21. The van der Waals surface area contributed by atoms with Gasteiger partial charge in [-0.25, -0.2) is 4.98 Å². The van der Waals surface area contributed by atoms with Crippen molar-refractivity contribution in [2.24, 2.45) is 10.9 Å². The minimum absolute atomic E-state index is 0.138. The number of ether oxygens (including phenoxy) is 1. The van der Waals surface area contributed by atoms with E-state index >= 15 is 0 Å². The van der Waals surface area contributed by atoms with Gasteiger partial charge in [-0.3, -0.25) is 14.5 Å². The molecular formula is C22H23N5O4. The fraction of sp³-hybridized carbons (Fsp3) is 0.273. The van der Waals surface area contributed by atoms with Crippen molar-refractivity contribution >= 4 is 34.2 Å². The maximum atomic E-state index is 13.2. The molecule has 9 heteroatoms. The molecule has 1 aliphatic heterocycles. The number of nitrogens with two attached hydrogens (primary N) is 1. The Morgan fingerprint density at radius 2 is 1.94 bits per heavy atom. The van der Waals surface area contributed by atoms with Crippen molar-refractivity contribution in [3.63, 3.8) is 0 Å². The van der Waals surface area contributed by atoms with Crippen LogP contribution in [-0.2, 0) is 32.3 Å². The quantitative estimate of drug-likeness (QED) is 0.418. The van der Waals surface area contributed by atoms with E-state index in [4.69, 9.17) is 20.3 Å². The van der Waals surface area contributed by atoms with Gasteiger partial charge in [-0.2, -0.15) is 0 Å². The van der Waals surface area contributed by atoms with E-state index in [0.717, 1.165) is 29.8 Å². The summed E-state index contributed by atoms with van der Waals surface area (Å²) in [6, 6.07) is 15.2. The number of methoxy groups -OCH3 is 1. The molecule has 0 radical (unpaired) electrons. The third-order valence-corrected chi connectivity index (χ3v) is 5.02. The summed E-state index contributed by atoms with van der Waals surface area (Å²) in [5, 5.41) is 3.88. The zero-order valence-electron chi connectivity index (χ0n) is 17.2. The predicted molar refractivity (Wildman–Crippen MR) is 116 cm³/mol. The Morgan fingerprint density at radius 1 is 1.16 bits per heavy atom. The molecule has 2 amide bonds. The molecular weight excluding hydrogens is 398 g/mol. The zero-order valence-corrected chi connectivity index (χ0v) is 17.2. The van der Waals surface area contributed by atoms with Crippen molar-refractivity contribution in [3.05, 3.63) is 59.9 Å². The van der Waals surface area contributed by atoms with Crippen molar-refractivity contribution in [1.29, 1.82) is 0 Å². The molecule has 0 bridgehead atoms. The van der Waals surface area contributed by atoms with Gasteiger partial charge >= 0.3 is 0 Å². The molecule has 9 nitrogen and oxygen atoms in total. The van der Waals surface area contributed by atoms with Crippen LogP contribution in [0.4, 0.5) is 5.69 Å². The highest BCUT2D eigenvalue weighted by molar-refractivity contribution is 6.54. The molecule has 2 heterocycles. The zero-order chi connectivity index (χ0) is 21.8. The van der Waals surface area contributed by atoms with Crippen molar-refractivity contribution in [3.8, 4) is 0 Å². The standard InChI is InChI=1S/C22H23N5O4/c1-30-12-6-11-26-18-10-5-3-8-16(18)24-20(26)13-27-17-9-4-2-7-15(17)21(22(27)29)25-31-14-19(23)28/h2-5,7-10H,6,11-14H2,1H3,(H2,23,28)/b25-21+. The first-order chi connectivity index (χ1) is 15.1. The summed E-state index contributed by atoms with van der Waals surface area (Å²) in [6.07, 6.45) is 0.821. The summed E-state index contributed by atoms with van der Waals surface area (Å²) < 4.78 is 7.31. The molecule has 0 aliphatic carbocycles. The van der Waals surface area contributed by atoms with Gasteiger partial charge in [0.25, 0.3) is 11.8 Å². The van der Waals surface area contributed by atoms with Crippen molar-refractivity contribution in [2.45, 2.75) is 19.5 Å². The lowest BCUT2D eigenvalue weighted by molar-refractivity contribution is -0.122. The van der Waals surface area contributed by atoms with E-state index in [-0.39, 0.29) is 18.2 Å². The number of anilines is 1. The largest absolute Gasteiger partial charge is 0.385 e. The van der Waals surface area contributed by atoms with Crippen LogP contribution in [0.1, 0.15) is 17.8 Å². The molecule has 0 fully saturated rings. The van der Waals surface area contributed by atoms with Gasteiger partial charge in [0, 0.05) is 25.8 Å².